The van der Waals surface area contributed by atoms with Crippen LogP contribution in [0.3, 0.4) is 0 Å². The highest BCUT2D eigenvalue weighted by Gasteiger charge is 2.27. The maximum atomic E-state index is 12.9. The van der Waals surface area contributed by atoms with Crippen molar-refractivity contribution >= 4 is 11.8 Å². The lowest BCUT2D eigenvalue weighted by Crippen LogP contribution is -2.46. The second-order valence-electron chi connectivity index (χ2n) is 9.29. The van der Waals surface area contributed by atoms with E-state index in [9.17, 15) is 9.59 Å². The Labute approximate surface area is 190 Å². The topological polar surface area (TPSA) is 79.5 Å². The van der Waals surface area contributed by atoms with Crippen LogP contribution >= 0.6 is 0 Å². The maximum absolute atomic E-state index is 12.9. The third-order valence-corrected chi connectivity index (χ3v) is 7.07. The molecule has 1 saturated heterocycles. The molecule has 2 aliphatic rings. The van der Waals surface area contributed by atoms with Crippen LogP contribution in [0, 0.1) is 0 Å². The summed E-state index contributed by atoms with van der Waals surface area (Å²) in [6.45, 7) is 2.34. The number of likely N-dealkylation sites (tertiary alicyclic amines) is 1. The fraction of sp³-hybridized carbons (Fsp3) is 0.500. The minimum absolute atomic E-state index is 0.246. The van der Waals surface area contributed by atoms with Crippen LogP contribution in [0.15, 0.2) is 42.6 Å². The number of nitrogens with two attached hydrogens (primary N) is 1. The first-order valence-electron chi connectivity index (χ1n) is 11.9. The van der Waals surface area contributed by atoms with Gasteiger partial charge in [0.1, 0.15) is 0 Å². The highest BCUT2D eigenvalue weighted by Crippen LogP contribution is 2.28. The molecule has 1 aromatic heterocycles. The lowest BCUT2D eigenvalue weighted by molar-refractivity contribution is -0.134. The first-order chi connectivity index (χ1) is 15.5. The highest BCUT2D eigenvalue weighted by molar-refractivity contribution is 5.94. The smallest absolute Gasteiger partial charge is 0.248 e. The van der Waals surface area contributed by atoms with Gasteiger partial charge in [0.25, 0.3) is 0 Å². The number of hydrogen-bond donors (Lipinski definition) is 1. The summed E-state index contributed by atoms with van der Waals surface area (Å²) in [4.78, 5) is 33.4. The number of nitrogens with zero attached hydrogens (tertiary/aromatic N) is 3. The zero-order valence-corrected chi connectivity index (χ0v) is 19.0. The number of pyridine rings is 1. The van der Waals surface area contributed by atoms with Gasteiger partial charge in [-0.3, -0.25) is 19.5 Å². The predicted molar refractivity (Wildman–Crippen MR) is 126 cm³/mol. The van der Waals surface area contributed by atoms with Crippen LogP contribution in [0.4, 0.5) is 0 Å². The fourth-order valence-corrected chi connectivity index (χ4v) is 5.08. The predicted octanol–water partition coefficient (Wildman–Crippen LogP) is 3.82. The lowest BCUT2D eigenvalue weighted by Gasteiger charge is -2.36. The molecule has 0 unspecified atom stereocenters. The Bertz CT molecular complexity index is 937. The molecule has 1 atom stereocenters. The Kier molecular flexibility index (Phi) is 7.20. The van der Waals surface area contributed by atoms with E-state index in [-0.39, 0.29) is 5.91 Å². The van der Waals surface area contributed by atoms with Gasteiger partial charge < -0.3 is 10.6 Å². The number of hydrogen-bond acceptors (Lipinski definition) is 4. The van der Waals surface area contributed by atoms with E-state index < -0.39 is 5.91 Å². The van der Waals surface area contributed by atoms with E-state index in [2.05, 4.69) is 17.0 Å². The number of carbonyl (C=O) groups excluding carboxylic acids is 2. The second kappa shape index (κ2) is 10.3. The molecule has 1 saturated carbocycles. The first kappa shape index (κ1) is 22.5. The van der Waals surface area contributed by atoms with Crippen LogP contribution < -0.4 is 5.73 Å². The Morgan fingerprint density at radius 3 is 2.59 bits per heavy atom. The van der Waals surface area contributed by atoms with Gasteiger partial charge in [-0.2, -0.15) is 0 Å². The number of piperidine rings is 1. The van der Waals surface area contributed by atoms with Gasteiger partial charge in [-0.15, -0.1) is 0 Å². The van der Waals surface area contributed by atoms with Crippen LogP contribution in [0.2, 0.25) is 0 Å². The van der Waals surface area contributed by atoms with Gasteiger partial charge in [-0.05, 0) is 56.0 Å². The van der Waals surface area contributed by atoms with Crippen molar-refractivity contribution in [2.45, 2.75) is 56.9 Å². The Morgan fingerprint density at radius 2 is 1.88 bits per heavy atom. The molecule has 6 heteroatoms. The number of benzene rings is 1. The maximum Gasteiger partial charge on any atom is 0.248 e. The number of primary amides is 1. The number of aromatic nitrogens is 1. The molecule has 6 nitrogen and oxygen atoms in total. The van der Waals surface area contributed by atoms with Gasteiger partial charge in [-0.1, -0.05) is 37.5 Å². The normalized spacial score (nSPS) is 20.1. The molecule has 0 radical (unpaired) electrons. The van der Waals surface area contributed by atoms with Crippen molar-refractivity contribution < 1.29 is 9.59 Å². The summed E-state index contributed by atoms with van der Waals surface area (Å²) in [6.07, 6.45) is 10.1. The van der Waals surface area contributed by atoms with Crippen molar-refractivity contribution in [1.29, 1.82) is 0 Å². The first-order valence-corrected chi connectivity index (χ1v) is 11.9. The second-order valence-corrected chi connectivity index (χ2v) is 9.29. The molecular formula is C26H34N4O2. The number of likely N-dealkylation sites (N-methyl/N-ethyl adjacent to an activating group) is 1. The molecule has 2 amide bonds. The molecular weight excluding hydrogens is 400 g/mol. The van der Waals surface area contributed by atoms with E-state index in [1.807, 2.05) is 30.3 Å². The van der Waals surface area contributed by atoms with E-state index in [0.717, 1.165) is 55.6 Å². The van der Waals surface area contributed by atoms with E-state index >= 15 is 0 Å². The molecule has 1 aliphatic carbocycles. The summed E-state index contributed by atoms with van der Waals surface area (Å²) < 4.78 is 0. The molecule has 1 aromatic carbocycles. The standard InChI is InChI=1S/C26H34N4O2/c1-29(23-10-3-2-4-11-23)25(31)18-30-14-6-9-22(17-30)24-13-12-21(16-28-24)19-7-5-8-20(15-19)26(27)32/h5,7-8,12-13,15-16,22-23H,2-4,6,9-11,14,17-18H2,1H3,(H2,27,32)/t22-/m0/s1. The Morgan fingerprint density at radius 1 is 1.06 bits per heavy atom. The van der Waals surface area contributed by atoms with Crippen molar-refractivity contribution in [3.05, 3.63) is 53.9 Å². The van der Waals surface area contributed by atoms with E-state index in [1.54, 1.807) is 12.1 Å². The molecule has 0 spiro atoms. The van der Waals surface area contributed by atoms with Crippen molar-refractivity contribution in [2.75, 3.05) is 26.7 Å². The summed E-state index contributed by atoms with van der Waals surface area (Å²) in [5, 5.41) is 0. The molecule has 2 fully saturated rings. The van der Waals surface area contributed by atoms with Crippen LogP contribution in [0.5, 0.6) is 0 Å². The molecule has 4 rings (SSSR count). The summed E-state index contributed by atoms with van der Waals surface area (Å²) in [5.74, 6) is 0.153. The van der Waals surface area contributed by atoms with E-state index in [4.69, 9.17) is 10.7 Å². The molecule has 2 N–H and O–H groups in total. The van der Waals surface area contributed by atoms with Gasteiger partial charge >= 0.3 is 0 Å². The average Bonchev–Trinajstić information content (AvgIpc) is 2.84. The average molecular weight is 435 g/mol. The summed E-state index contributed by atoms with van der Waals surface area (Å²) in [5.41, 5.74) is 8.87. The van der Waals surface area contributed by atoms with Crippen LogP contribution in [0.1, 0.15) is 66.9 Å². The summed E-state index contributed by atoms with van der Waals surface area (Å²) >= 11 is 0. The Hall–Kier alpha value is -2.73. The van der Waals surface area contributed by atoms with Crippen molar-refractivity contribution in [2.24, 2.45) is 5.73 Å². The third kappa shape index (κ3) is 5.36. The van der Waals surface area contributed by atoms with Gasteiger partial charge in [0, 0.05) is 48.6 Å². The van der Waals surface area contributed by atoms with Crippen molar-refractivity contribution in [1.82, 2.24) is 14.8 Å². The fourth-order valence-electron chi connectivity index (χ4n) is 5.08. The van der Waals surface area contributed by atoms with Gasteiger partial charge in [0.15, 0.2) is 0 Å². The van der Waals surface area contributed by atoms with Gasteiger partial charge in [0.05, 0.1) is 6.54 Å². The zero-order chi connectivity index (χ0) is 22.5. The quantitative estimate of drug-likeness (QED) is 0.750. The van der Waals surface area contributed by atoms with E-state index in [1.165, 1.54) is 19.3 Å². The highest BCUT2D eigenvalue weighted by atomic mass is 16.2. The molecule has 170 valence electrons. The number of amides is 2. The molecule has 2 aromatic rings. The third-order valence-electron chi connectivity index (χ3n) is 7.07. The largest absolute Gasteiger partial charge is 0.366 e. The van der Waals surface area contributed by atoms with Crippen LogP contribution in [-0.2, 0) is 4.79 Å². The SMILES string of the molecule is CN(C(=O)CN1CCC[C@H](c2ccc(-c3cccc(C(N)=O)c3)cn2)C1)C1CCCCC1. The van der Waals surface area contributed by atoms with Crippen molar-refractivity contribution in [3.8, 4) is 11.1 Å². The minimum atomic E-state index is -0.428. The summed E-state index contributed by atoms with van der Waals surface area (Å²) in [7, 11) is 1.98. The van der Waals surface area contributed by atoms with Crippen LogP contribution in [0.25, 0.3) is 11.1 Å². The van der Waals surface area contributed by atoms with Gasteiger partial charge in [-0.25, -0.2) is 0 Å². The minimum Gasteiger partial charge on any atom is -0.366 e. The van der Waals surface area contributed by atoms with Gasteiger partial charge in [0.2, 0.25) is 11.8 Å². The summed E-state index contributed by atoms with van der Waals surface area (Å²) in [6, 6.07) is 11.9. The lowest BCUT2D eigenvalue weighted by atomic mass is 9.93. The Balaban J connectivity index is 1.37. The number of rotatable bonds is 6. The molecule has 1 aliphatic heterocycles. The molecule has 0 bridgehead atoms. The van der Waals surface area contributed by atoms with E-state index in [0.29, 0.717) is 24.1 Å². The van der Waals surface area contributed by atoms with Crippen molar-refractivity contribution in [3.63, 3.8) is 0 Å². The zero-order valence-electron chi connectivity index (χ0n) is 19.0. The number of carbonyl (C=O) groups is 2. The molecule has 32 heavy (non-hydrogen) atoms. The van der Waals surface area contributed by atoms with Crippen LogP contribution in [-0.4, -0.2) is 59.3 Å². The monoisotopic (exact) mass is 434 g/mol. The molecule has 2 heterocycles.